The molecule has 0 atom stereocenters. The number of nitrogens with zero attached hydrogens (tertiary/aromatic N) is 5. The van der Waals surface area contributed by atoms with Gasteiger partial charge in [0.2, 0.25) is 5.91 Å². The summed E-state index contributed by atoms with van der Waals surface area (Å²) in [6.45, 7) is 2.02. The van der Waals surface area contributed by atoms with Gasteiger partial charge in [-0.05, 0) is 36.8 Å². The van der Waals surface area contributed by atoms with Crippen molar-refractivity contribution in [1.82, 2.24) is 24.6 Å². The van der Waals surface area contributed by atoms with E-state index in [0.717, 1.165) is 15.8 Å². The Labute approximate surface area is 213 Å². The van der Waals surface area contributed by atoms with Gasteiger partial charge >= 0.3 is 0 Å². The van der Waals surface area contributed by atoms with E-state index in [9.17, 15) is 9.59 Å². The lowest BCUT2D eigenvalue weighted by atomic mass is 10.2. The van der Waals surface area contributed by atoms with E-state index in [4.69, 9.17) is 4.98 Å². The van der Waals surface area contributed by atoms with Crippen LogP contribution in [0, 0.1) is 6.92 Å². The summed E-state index contributed by atoms with van der Waals surface area (Å²) >= 11 is 2.66. The van der Waals surface area contributed by atoms with Crippen LogP contribution in [-0.2, 0) is 4.79 Å². The fraction of sp³-hybridized carbons (Fsp3) is 0.0769. The number of carbonyl (C=O) groups excluding carboxylic acids is 1. The average molecular weight is 511 g/mol. The van der Waals surface area contributed by atoms with Crippen molar-refractivity contribution in [2.75, 3.05) is 11.1 Å². The number of thioether (sulfide) groups is 1. The summed E-state index contributed by atoms with van der Waals surface area (Å²) in [7, 11) is 0. The number of aryl methyl sites for hydroxylation is 1. The number of hydrogen-bond acceptors (Lipinski definition) is 8. The fourth-order valence-electron chi connectivity index (χ4n) is 3.85. The second-order valence-corrected chi connectivity index (χ2v) is 10.1. The summed E-state index contributed by atoms with van der Waals surface area (Å²) in [5.74, 6) is -0.125. The van der Waals surface area contributed by atoms with Crippen molar-refractivity contribution in [3.63, 3.8) is 0 Å². The quantitative estimate of drug-likeness (QED) is 0.199. The first-order valence-corrected chi connectivity index (χ1v) is 12.9. The molecule has 0 fully saturated rings. The molecule has 0 spiro atoms. The van der Waals surface area contributed by atoms with Gasteiger partial charge in [0.1, 0.15) is 0 Å². The number of fused-ring (bicyclic) bond motifs is 4. The standard InChI is InChI=1S/C26H18N6O2S2/c1-15-11-12-19-20(13-15)36-25(27-19)29-21(33)14-35-26-28-18-10-6-5-9-17(18)23-30-24(34)22(31-32(23)26)16-7-3-2-4-8-16/h2-13H,14H2,1H3,(H,27,29,33). The maximum Gasteiger partial charge on any atom is 0.300 e. The molecule has 0 radical (unpaired) electrons. The van der Waals surface area contributed by atoms with E-state index in [1.54, 1.807) is 4.52 Å². The molecule has 1 amide bonds. The Hall–Kier alpha value is -4.15. The molecule has 0 aliphatic carbocycles. The van der Waals surface area contributed by atoms with E-state index in [1.807, 2.05) is 79.7 Å². The van der Waals surface area contributed by atoms with Crippen molar-refractivity contribution >= 4 is 60.9 Å². The average Bonchev–Trinajstić information content (AvgIpc) is 3.28. The first-order chi connectivity index (χ1) is 17.5. The maximum absolute atomic E-state index is 12.9. The third kappa shape index (κ3) is 4.21. The summed E-state index contributed by atoms with van der Waals surface area (Å²) in [6, 6.07) is 22.6. The predicted molar refractivity (Wildman–Crippen MR) is 144 cm³/mol. The van der Waals surface area contributed by atoms with E-state index >= 15 is 0 Å². The highest BCUT2D eigenvalue weighted by Crippen LogP contribution is 2.28. The third-order valence-electron chi connectivity index (χ3n) is 5.52. The van der Waals surface area contributed by atoms with Crippen LogP contribution in [0.1, 0.15) is 5.56 Å². The summed E-state index contributed by atoms with van der Waals surface area (Å²) in [4.78, 5) is 39.2. The normalized spacial score (nSPS) is 11.4. The van der Waals surface area contributed by atoms with Gasteiger partial charge in [-0.1, -0.05) is 71.6 Å². The van der Waals surface area contributed by atoms with Crippen molar-refractivity contribution in [2.24, 2.45) is 0 Å². The van der Waals surface area contributed by atoms with E-state index in [-0.39, 0.29) is 17.4 Å². The molecule has 6 rings (SSSR count). The number of anilines is 1. The zero-order chi connectivity index (χ0) is 24.6. The lowest BCUT2D eigenvalue weighted by Crippen LogP contribution is -2.19. The number of para-hydroxylation sites is 1. The van der Waals surface area contributed by atoms with Crippen LogP contribution in [-0.4, -0.2) is 36.2 Å². The second-order valence-electron chi connectivity index (χ2n) is 8.11. The minimum atomic E-state index is -0.419. The Kier molecular flexibility index (Phi) is 5.67. The Morgan fingerprint density at radius 3 is 2.64 bits per heavy atom. The zero-order valence-corrected chi connectivity index (χ0v) is 20.6. The molecule has 8 nitrogen and oxygen atoms in total. The van der Waals surface area contributed by atoms with Crippen molar-refractivity contribution < 1.29 is 4.79 Å². The van der Waals surface area contributed by atoms with Gasteiger partial charge in [0.25, 0.3) is 5.56 Å². The number of carbonyl (C=O) groups is 1. The molecule has 0 aliphatic heterocycles. The number of aromatic nitrogens is 5. The van der Waals surface area contributed by atoms with Crippen LogP contribution in [0.15, 0.2) is 82.7 Å². The molecule has 10 heteroatoms. The lowest BCUT2D eigenvalue weighted by Gasteiger charge is -2.10. The van der Waals surface area contributed by atoms with Crippen molar-refractivity contribution in [1.29, 1.82) is 0 Å². The smallest absolute Gasteiger partial charge is 0.300 e. The molecule has 3 heterocycles. The number of nitrogens with one attached hydrogen (secondary N) is 1. The predicted octanol–water partition coefficient (Wildman–Crippen LogP) is 4.95. The van der Waals surface area contributed by atoms with Crippen LogP contribution >= 0.6 is 23.1 Å². The van der Waals surface area contributed by atoms with Crippen LogP contribution in [0.4, 0.5) is 5.13 Å². The van der Waals surface area contributed by atoms with Crippen LogP contribution in [0.25, 0.3) is 38.0 Å². The molecule has 176 valence electrons. The zero-order valence-electron chi connectivity index (χ0n) is 19.0. The molecule has 0 saturated heterocycles. The molecule has 1 N–H and O–H groups in total. The van der Waals surface area contributed by atoms with Gasteiger partial charge in [-0.15, -0.1) is 0 Å². The van der Waals surface area contributed by atoms with E-state index < -0.39 is 5.56 Å². The third-order valence-corrected chi connectivity index (χ3v) is 7.39. The minimum absolute atomic E-state index is 0.0872. The summed E-state index contributed by atoms with van der Waals surface area (Å²) < 4.78 is 2.57. The van der Waals surface area contributed by atoms with Gasteiger partial charge in [-0.25, -0.2) is 9.97 Å². The molecule has 36 heavy (non-hydrogen) atoms. The van der Waals surface area contributed by atoms with E-state index in [2.05, 4.69) is 20.4 Å². The van der Waals surface area contributed by atoms with Crippen molar-refractivity contribution in [2.45, 2.75) is 12.1 Å². The van der Waals surface area contributed by atoms with Gasteiger partial charge in [0, 0.05) is 10.9 Å². The van der Waals surface area contributed by atoms with Gasteiger partial charge in [-0.2, -0.15) is 14.6 Å². The first kappa shape index (κ1) is 22.3. The summed E-state index contributed by atoms with van der Waals surface area (Å²) in [5.41, 5.74) is 3.53. The van der Waals surface area contributed by atoms with Crippen molar-refractivity contribution in [3.8, 4) is 11.3 Å². The number of rotatable bonds is 5. The monoisotopic (exact) mass is 510 g/mol. The number of hydrogen-bond donors (Lipinski definition) is 1. The van der Waals surface area contributed by atoms with Gasteiger partial charge in [-0.3, -0.25) is 9.59 Å². The topological polar surface area (TPSA) is 102 Å². The number of benzene rings is 3. The molecular weight excluding hydrogens is 492 g/mol. The second kappa shape index (κ2) is 9.14. The Morgan fingerprint density at radius 2 is 1.78 bits per heavy atom. The van der Waals surface area contributed by atoms with E-state index in [1.165, 1.54) is 23.1 Å². The van der Waals surface area contributed by atoms with Crippen LogP contribution in [0.2, 0.25) is 0 Å². The molecule has 3 aromatic heterocycles. The first-order valence-electron chi connectivity index (χ1n) is 11.1. The van der Waals surface area contributed by atoms with Crippen LogP contribution in [0.5, 0.6) is 0 Å². The van der Waals surface area contributed by atoms with Crippen LogP contribution < -0.4 is 10.9 Å². The van der Waals surface area contributed by atoms with Gasteiger partial charge < -0.3 is 5.32 Å². The van der Waals surface area contributed by atoms with E-state index in [0.29, 0.717) is 32.4 Å². The van der Waals surface area contributed by atoms with Crippen LogP contribution in [0.3, 0.4) is 0 Å². The molecule has 0 bridgehead atoms. The Bertz CT molecular complexity index is 1830. The number of amides is 1. The largest absolute Gasteiger partial charge is 0.301 e. The highest BCUT2D eigenvalue weighted by Gasteiger charge is 2.16. The Morgan fingerprint density at radius 1 is 0.972 bits per heavy atom. The molecule has 6 aromatic rings. The van der Waals surface area contributed by atoms with Crippen molar-refractivity contribution in [3.05, 3.63) is 88.7 Å². The lowest BCUT2D eigenvalue weighted by molar-refractivity contribution is -0.113. The molecular formula is C26H18N6O2S2. The number of thiazole rings is 1. The highest BCUT2D eigenvalue weighted by molar-refractivity contribution is 7.99. The molecule has 3 aromatic carbocycles. The van der Waals surface area contributed by atoms with Gasteiger partial charge in [0.05, 0.1) is 21.5 Å². The Balaban J connectivity index is 1.35. The van der Waals surface area contributed by atoms with Gasteiger partial charge in [0.15, 0.2) is 21.6 Å². The highest BCUT2D eigenvalue weighted by atomic mass is 32.2. The SMILES string of the molecule is Cc1ccc2nc(NC(=O)CSc3nc4ccccc4c4nc(=O)c(-c5ccccc5)nn34)sc2c1. The molecule has 0 saturated carbocycles. The molecule has 0 unspecified atom stereocenters. The fourth-order valence-corrected chi connectivity index (χ4v) is 5.57. The summed E-state index contributed by atoms with van der Waals surface area (Å²) in [5, 5.41) is 9.21. The molecule has 0 aliphatic rings. The minimum Gasteiger partial charge on any atom is -0.301 e. The maximum atomic E-state index is 12.9. The summed E-state index contributed by atoms with van der Waals surface area (Å²) in [6.07, 6.45) is 0.